The molecule has 5 heteroatoms. The predicted molar refractivity (Wildman–Crippen MR) is 89.7 cm³/mol. The zero-order chi connectivity index (χ0) is 16.2. The molecule has 1 aromatic heterocycles. The van der Waals surface area contributed by atoms with Crippen molar-refractivity contribution in [3.05, 3.63) is 58.4 Å². The Bertz CT molecular complexity index is 870. The van der Waals surface area contributed by atoms with Crippen LogP contribution in [0.3, 0.4) is 0 Å². The Labute approximate surface area is 133 Å². The first kappa shape index (κ1) is 15.2. The number of rotatable bonds is 5. The van der Waals surface area contributed by atoms with E-state index in [1.54, 1.807) is 25.3 Å². The van der Waals surface area contributed by atoms with Crippen LogP contribution < -0.4 is 10.3 Å². The third kappa shape index (κ3) is 3.10. The van der Waals surface area contributed by atoms with Gasteiger partial charge < -0.3 is 14.5 Å². The van der Waals surface area contributed by atoms with E-state index in [2.05, 4.69) is 9.97 Å². The molecule has 23 heavy (non-hydrogen) atoms. The predicted octanol–water partition coefficient (Wildman–Crippen LogP) is 3.14. The summed E-state index contributed by atoms with van der Waals surface area (Å²) in [5.74, 6) is 1.11. The van der Waals surface area contributed by atoms with Gasteiger partial charge in [0.25, 0.3) is 5.56 Å². The molecule has 0 saturated heterocycles. The molecular formula is C18H18N2O3. The Morgan fingerprint density at radius 3 is 2.61 bits per heavy atom. The van der Waals surface area contributed by atoms with Crippen LogP contribution in [0.4, 0.5) is 0 Å². The summed E-state index contributed by atoms with van der Waals surface area (Å²) in [6.07, 6.45) is 0. The Morgan fingerprint density at radius 2 is 1.91 bits per heavy atom. The Kier molecular flexibility index (Phi) is 4.39. The van der Waals surface area contributed by atoms with Crippen LogP contribution in [0, 0.1) is 0 Å². The lowest BCUT2D eigenvalue weighted by Gasteiger charge is -2.07. The number of benzene rings is 2. The summed E-state index contributed by atoms with van der Waals surface area (Å²) in [6, 6.07) is 13.1. The highest BCUT2D eigenvalue weighted by molar-refractivity contribution is 5.85. The zero-order valence-corrected chi connectivity index (χ0v) is 13.1. The zero-order valence-electron chi connectivity index (χ0n) is 13.1. The topological polar surface area (TPSA) is 64.2 Å². The molecule has 0 spiro atoms. The van der Waals surface area contributed by atoms with Crippen molar-refractivity contribution in [2.75, 3.05) is 13.7 Å². The van der Waals surface area contributed by atoms with Gasteiger partial charge >= 0.3 is 0 Å². The van der Waals surface area contributed by atoms with Gasteiger partial charge in [-0.05, 0) is 24.6 Å². The smallest absolute Gasteiger partial charge is 0.259 e. The minimum atomic E-state index is -0.178. The molecule has 0 radical (unpaired) electrons. The van der Waals surface area contributed by atoms with Crippen LogP contribution in [-0.2, 0) is 11.3 Å². The van der Waals surface area contributed by atoms with Gasteiger partial charge in [0, 0.05) is 12.2 Å². The summed E-state index contributed by atoms with van der Waals surface area (Å²) >= 11 is 0. The second kappa shape index (κ2) is 6.62. The summed E-state index contributed by atoms with van der Waals surface area (Å²) in [6.45, 7) is 3.22. The molecule has 0 atom stereocenters. The van der Waals surface area contributed by atoms with Crippen molar-refractivity contribution in [1.29, 1.82) is 0 Å². The van der Waals surface area contributed by atoms with E-state index >= 15 is 0 Å². The number of hydrogen-bond donors (Lipinski definition) is 1. The first-order valence-electron chi connectivity index (χ1n) is 7.47. The summed E-state index contributed by atoms with van der Waals surface area (Å²) in [4.78, 5) is 19.7. The minimum absolute atomic E-state index is 0.178. The van der Waals surface area contributed by atoms with E-state index in [4.69, 9.17) is 9.47 Å². The molecule has 0 aliphatic heterocycles. The first-order chi connectivity index (χ1) is 11.2. The summed E-state index contributed by atoms with van der Waals surface area (Å²) < 4.78 is 10.7. The van der Waals surface area contributed by atoms with E-state index in [1.165, 1.54) is 0 Å². The van der Waals surface area contributed by atoms with Gasteiger partial charge in [0.15, 0.2) is 0 Å². The first-order valence-corrected chi connectivity index (χ1v) is 7.47. The second-order valence-corrected chi connectivity index (χ2v) is 5.11. The Morgan fingerprint density at radius 1 is 1.13 bits per heavy atom. The Hall–Kier alpha value is -2.66. The third-order valence-corrected chi connectivity index (χ3v) is 3.62. The molecule has 0 unspecified atom stereocenters. The molecular weight excluding hydrogens is 292 g/mol. The number of hydrogen-bond acceptors (Lipinski definition) is 4. The molecule has 0 saturated carbocycles. The molecule has 1 heterocycles. The van der Waals surface area contributed by atoms with Crippen LogP contribution in [0.5, 0.6) is 5.75 Å². The SMILES string of the molecule is CCOCc1ccc(-c2nc3c(OC)cccc3c(=O)[nH]2)cc1. The highest BCUT2D eigenvalue weighted by Crippen LogP contribution is 2.23. The normalized spacial score (nSPS) is 10.9. The molecule has 118 valence electrons. The van der Waals surface area contributed by atoms with Gasteiger partial charge in [-0.3, -0.25) is 4.79 Å². The van der Waals surface area contributed by atoms with Crippen molar-refractivity contribution >= 4 is 10.9 Å². The van der Waals surface area contributed by atoms with Crippen LogP contribution in [-0.4, -0.2) is 23.7 Å². The highest BCUT2D eigenvalue weighted by Gasteiger charge is 2.09. The maximum atomic E-state index is 12.3. The van der Waals surface area contributed by atoms with E-state index in [1.807, 2.05) is 31.2 Å². The number of aromatic nitrogens is 2. The van der Waals surface area contributed by atoms with E-state index < -0.39 is 0 Å². The fourth-order valence-electron chi connectivity index (χ4n) is 2.42. The van der Waals surface area contributed by atoms with Gasteiger partial charge in [0.1, 0.15) is 17.1 Å². The van der Waals surface area contributed by atoms with Crippen molar-refractivity contribution < 1.29 is 9.47 Å². The van der Waals surface area contributed by atoms with E-state index in [0.29, 0.717) is 35.7 Å². The van der Waals surface area contributed by atoms with Crippen LogP contribution in [0.1, 0.15) is 12.5 Å². The molecule has 2 aromatic carbocycles. The van der Waals surface area contributed by atoms with Gasteiger partial charge in [-0.1, -0.05) is 30.3 Å². The van der Waals surface area contributed by atoms with Crippen molar-refractivity contribution in [1.82, 2.24) is 9.97 Å². The molecule has 0 fully saturated rings. The van der Waals surface area contributed by atoms with Crippen LogP contribution in [0.15, 0.2) is 47.3 Å². The number of fused-ring (bicyclic) bond motifs is 1. The molecule has 5 nitrogen and oxygen atoms in total. The third-order valence-electron chi connectivity index (χ3n) is 3.62. The van der Waals surface area contributed by atoms with Crippen molar-refractivity contribution in [3.8, 4) is 17.1 Å². The van der Waals surface area contributed by atoms with Crippen molar-refractivity contribution in [3.63, 3.8) is 0 Å². The number of ether oxygens (including phenoxy) is 2. The summed E-state index contributed by atoms with van der Waals surface area (Å²) in [5, 5.41) is 0.515. The average Bonchev–Trinajstić information content (AvgIpc) is 2.60. The van der Waals surface area contributed by atoms with Crippen LogP contribution >= 0.6 is 0 Å². The standard InChI is InChI=1S/C18H18N2O3/c1-3-23-11-12-7-9-13(10-8-12)17-19-16-14(18(21)20-17)5-4-6-15(16)22-2/h4-10H,3,11H2,1-2H3,(H,19,20,21). The number of H-pyrrole nitrogens is 1. The summed E-state index contributed by atoms with van der Waals surface area (Å²) in [7, 11) is 1.57. The lowest BCUT2D eigenvalue weighted by molar-refractivity contribution is 0.134. The molecule has 0 aliphatic carbocycles. The largest absolute Gasteiger partial charge is 0.494 e. The molecule has 0 aliphatic rings. The lowest BCUT2D eigenvalue weighted by atomic mass is 10.1. The van der Waals surface area contributed by atoms with Crippen LogP contribution in [0.25, 0.3) is 22.3 Å². The monoisotopic (exact) mass is 310 g/mol. The fourth-order valence-corrected chi connectivity index (χ4v) is 2.42. The van der Waals surface area contributed by atoms with Gasteiger partial charge in [-0.2, -0.15) is 0 Å². The molecule has 3 aromatic rings. The van der Waals surface area contributed by atoms with Gasteiger partial charge in [0.05, 0.1) is 19.1 Å². The second-order valence-electron chi connectivity index (χ2n) is 5.11. The maximum absolute atomic E-state index is 12.3. The number of aromatic amines is 1. The maximum Gasteiger partial charge on any atom is 0.259 e. The Balaban J connectivity index is 2.04. The fraction of sp³-hybridized carbons (Fsp3) is 0.222. The van der Waals surface area contributed by atoms with E-state index in [9.17, 15) is 4.79 Å². The van der Waals surface area contributed by atoms with Crippen LogP contribution in [0.2, 0.25) is 0 Å². The molecule has 1 N–H and O–H groups in total. The number of nitrogens with zero attached hydrogens (tertiary/aromatic N) is 1. The van der Waals surface area contributed by atoms with E-state index in [-0.39, 0.29) is 5.56 Å². The lowest BCUT2D eigenvalue weighted by Crippen LogP contribution is -2.10. The van der Waals surface area contributed by atoms with E-state index in [0.717, 1.165) is 11.1 Å². The molecule has 0 amide bonds. The van der Waals surface area contributed by atoms with Gasteiger partial charge in [-0.15, -0.1) is 0 Å². The highest BCUT2D eigenvalue weighted by atomic mass is 16.5. The van der Waals surface area contributed by atoms with Crippen molar-refractivity contribution in [2.45, 2.75) is 13.5 Å². The molecule has 3 rings (SSSR count). The van der Waals surface area contributed by atoms with Gasteiger partial charge in [0.2, 0.25) is 0 Å². The number of para-hydroxylation sites is 1. The minimum Gasteiger partial charge on any atom is -0.494 e. The summed E-state index contributed by atoms with van der Waals surface area (Å²) in [5.41, 5.74) is 2.31. The number of nitrogens with one attached hydrogen (secondary N) is 1. The van der Waals surface area contributed by atoms with Gasteiger partial charge in [-0.25, -0.2) is 4.98 Å². The molecule has 0 bridgehead atoms. The average molecular weight is 310 g/mol. The van der Waals surface area contributed by atoms with Crippen molar-refractivity contribution in [2.24, 2.45) is 0 Å². The number of methoxy groups -OCH3 is 1. The quantitative estimate of drug-likeness (QED) is 0.786.